The van der Waals surface area contributed by atoms with Crippen molar-refractivity contribution in [2.24, 2.45) is 5.73 Å². The molecule has 0 bridgehead atoms. The summed E-state index contributed by atoms with van der Waals surface area (Å²) in [5.74, 6) is -0.339. The molecule has 14 heavy (non-hydrogen) atoms. The molecule has 0 atom stereocenters. The van der Waals surface area contributed by atoms with E-state index in [1.165, 1.54) is 10.8 Å². The number of nitrogens with zero attached hydrogens (tertiary/aromatic N) is 3. The number of carbonyl (C=O) groups excluding carboxylic acids is 1. The van der Waals surface area contributed by atoms with Gasteiger partial charge in [-0.1, -0.05) is 0 Å². The Kier molecular flexibility index (Phi) is 1.88. The Labute approximate surface area is 87.0 Å². The third-order valence-electron chi connectivity index (χ3n) is 1.80. The lowest BCUT2D eigenvalue weighted by atomic mass is 10.2. The van der Waals surface area contributed by atoms with Gasteiger partial charge in [-0.2, -0.15) is 5.10 Å². The minimum atomic E-state index is -0.560. The van der Waals surface area contributed by atoms with Crippen molar-refractivity contribution in [3.63, 3.8) is 0 Å². The van der Waals surface area contributed by atoms with E-state index >= 15 is 0 Å². The second-order valence-corrected chi connectivity index (χ2v) is 3.46. The zero-order valence-corrected chi connectivity index (χ0v) is 8.52. The van der Waals surface area contributed by atoms with Crippen LogP contribution in [-0.4, -0.2) is 20.5 Å². The SMILES string of the molecule is NC(=O)c1cc(Br)n2ncnc(N)c12. The second-order valence-electron chi connectivity index (χ2n) is 2.65. The molecule has 1 amide bonds. The van der Waals surface area contributed by atoms with Crippen molar-refractivity contribution in [1.82, 2.24) is 14.6 Å². The predicted octanol–water partition coefficient (Wildman–Crippen LogP) is 0.173. The Morgan fingerprint density at radius 1 is 1.57 bits per heavy atom. The Hall–Kier alpha value is -1.63. The fraction of sp³-hybridized carbons (Fsp3) is 0. The highest BCUT2D eigenvalue weighted by molar-refractivity contribution is 9.10. The van der Waals surface area contributed by atoms with Crippen LogP contribution in [0.25, 0.3) is 5.52 Å². The largest absolute Gasteiger partial charge is 0.382 e. The molecule has 0 radical (unpaired) electrons. The number of halogens is 1. The minimum Gasteiger partial charge on any atom is -0.382 e. The molecule has 0 aliphatic heterocycles. The summed E-state index contributed by atoms with van der Waals surface area (Å²) in [5, 5.41) is 3.92. The van der Waals surface area contributed by atoms with Crippen LogP contribution in [0.2, 0.25) is 0 Å². The molecular formula is C7H6BrN5O. The van der Waals surface area contributed by atoms with Crippen LogP contribution in [0.4, 0.5) is 5.82 Å². The Bertz CT molecular complexity index is 520. The van der Waals surface area contributed by atoms with Gasteiger partial charge in [-0.3, -0.25) is 4.79 Å². The maximum absolute atomic E-state index is 11.1. The minimum absolute atomic E-state index is 0.222. The number of hydrogen-bond acceptors (Lipinski definition) is 4. The molecular weight excluding hydrogens is 250 g/mol. The lowest BCUT2D eigenvalue weighted by Crippen LogP contribution is -2.11. The van der Waals surface area contributed by atoms with E-state index in [1.807, 2.05) is 0 Å². The molecule has 2 aromatic rings. The maximum Gasteiger partial charge on any atom is 0.251 e. The van der Waals surface area contributed by atoms with E-state index in [1.54, 1.807) is 6.07 Å². The summed E-state index contributed by atoms with van der Waals surface area (Å²) >= 11 is 3.23. The Morgan fingerprint density at radius 2 is 2.29 bits per heavy atom. The number of anilines is 1. The van der Waals surface area contributed by atoms with Gasteiger partial charge in [-0.05, 0) is 22.0 Å². The highest BCUT2D eigenvalue weighted by Gasteiger charge is 2.15. The standard InChI is InChI=1S/C7H6BrN5O/c8-4-1-3(7(10)14)5-6(9)11-2-12-13(4)5/h1-2H,(H2,10,14)(H2,9,11,12). The molecule has 7 heteroatoms. The summed E-state index contributed by atoms with van der Waals surface area (Å²) in [6.45, 7) is 0. The molecule has 0 saturated heterocycles. The van der Waals surface area contributed by atoms with Crippen molar-refractivity contribution >= 4 is 33.2 Å². The molecule has 0 aromatic carbocycles. The van der Waals surface area contributed by atoms with Gasteiger partial charge in [-0.25, -0.2) is 9.50 Å². The average Bonchev–Trinajstić information content (AvgIpc) is 2.46. The van der Waals surface area contributed by atoms with Gasteiger partial charge < -0.3 is 11.5 Å². The fourth-order valence-corrected chi connectivity index (χ4v) is 1.72. The molecule has 0 aliphatic rings. The van der Waals surface area contributed by atoms with Crippen molar-refractivity contribution in [3.8, 4) is 0 Å². The molecule has 0 unspecified atom stereocenters. The van der Waals surface area contributed by atoms with Crippen LogP contribution in [0, 0.1) is 0 Å². The average molecular weight is 256 g/mol. The van der Waals surface area contributed by atoms with Gasteiger partial charge in [0.05, 0.1) is 5.56 Å². The van der Waals surface area contributed by atoms with Gasteiger partial charge in [0.15, 0.2) is 5.82 Å². The van der Waals surface area contributed by atoms with E-state index in [9.17, 15) is 4.79 Å². The highest BCUT2D eigenvalue weighted by atomic mass is 79.9. The van der Waals surface area contributed by atoms with Crippen molar-refractivity contribution < 1.29 is 4.79 Å². The molecule has 0 saturated carbocycles. The third-order valence-corrected chi connectivity index (χ3v) is 2.37. The molecule has 0 spiro atoms. The topological polar surface area (TPSA) is 99.3 Å². The van der Waals surface area contributed by atoms with Crippen LogP contribution in [0.5, 0.6) is 0 Å². The van der Waals surface area contributed by atoms with Crippen molar-refractivity contribution in [2.75, 3.05) is 5.73 Å². The Morgan fingerprint density at radius 3 is 2.93 bits per heavy atom. The van der Waals surface area contributed by atoms with Crippen molar-refractivity contribution in [2.45, 2.75) is 0 Å². The molecule has 2 rings (SSSR count). The number of primary amides is 1. The smallest absolute Gasteiger partial charge is 0.251 e. The summed E-state index contributed by atoms with van der Waals surface area (Å²) in [6.07, 6.45) is 1.30. The van der Waals surface area contributed by atoms with Gasteiger partial charge in [0, 0.05) is 0 Å². The summed E-state index contributed by atoms with van der Waals surface area (Å²) in [6, 6.07) is 1.56. The van der Waals surface area contributed by atoms with Crippen LogP contribution >= 0.6 is 15.9 Å². The lowest BCUT2D eigenvalue weighted by Gasteiger charge is -1.98. The summed E-state index contributed by atoms with van der Waals surface area (Å²) in [4.78, 5) is 14.8. The number of carbonyl (C=O) groups is 1. The van der Waals surface area contributed by atoms with Crippen LogP contribution in [0.15, 0.2) is 17.0 Å². The second kappa shape index (κ2) is 2.95. The first-order valence-corrected chi connectivity index (χ1v) is 4.48. The first kappa shape index (κ1) is 8.95. The molecule has 72 valence electrons. The van der Waals surface area contributed by atoms with Gasteiger partial charge in [0.25, 0.3) is 5.91 Å². The molecule has 6 nitrogen and oxygen atoms in total. The first-order chi connectivity index (χ1) is 6.61. The first-order valence-electron chi connectivity index (χ1n) is 3.69. The molecule has 2 aromatic heterocycles. The van der Waals surface area contributed by atoms with E-state index in [0.29, 0.717) is 15.7 Å². The highest BCUT2D eigenvalue weighted by Crippen LogP contribution is 2.22. The number of nitrogen functional groups attached to an aromatic ring is 1. The number of aromatic nitrogens is 3. The molecule has 0 fully saturated rings. The van der Waals surface area contributed by atoms with Crippen LogP contribution in [0.3, 0.4) is 0 Å². The quantitative estimate of drug-likeness (QED) is 0.759. The van der Waals surface area contributed by atoms with E-state index in [0.717, 1.165) is 0 Å². The summed E-state index contributed by atoms with van der Waals surface area (Å²) in [7, 11) is 0. The number of hydrogen-bond donors (Lipinski definition) is 2. The van der Waals surface area contributed by atoms with Crippen molar-refractivity contribution in [3.05, 3.63) is 22.6 Å². The van der Waals surface area contributed by atoms with E-state index < -0.39 is 5.91 Å². The van der Waals surface area contributed by atoms with Gasteiger partial charge in [0.1, 0.15) is 16.4 Å². The Balaban J connectivity index is 2.93. The lowest BCUT2D eigenvalue weighted by molar-refractivity contribution is 0.100. The van der Waals surface area contributed by atoms with E-state index in [4.69, 9.17) is 11.5 Å². The van der Waals surface area contributed by atoms with Crippen LogP contribution < -0.4 is 11.5 Å². The predicted molar refractivity (Wildman–Crippen MR) is 53.6 cm³/mol. The zero-order valence-electron chi connectivity index (χ0n) is 6.94. The normalized spacial score (nSPS) is 10.6. The maximum atomic E-state index is 11.1. The van der Waals surface area contributed by atoms with E-state index in [-0.39, 0.29) is 5.82 Å². The number of rotatable bonds is 1. The summed E-state index contributed by atoms with van der Waals surface area (Å²) in [5.41, 5.74) is 11.5. The number of fused-ring (bicyclic) bond motifs is 1. The van der Waals surface area contributed by atoms with Gasteiger partial charge >= 0.3 is 0 Å². The fourth-order valence-electron chi connectivity index (χ4n) is 1.22. The van der Waals surface area contributed by atoms with Crippen LogP contribution in [-0.2, 0) is 0 Å². The molecule has 0 aliphatic carbocycles. The van der Waals surface area contributed by atoms with E-state index in [2.05, 4.69) is 26.0 Å². The zero-order chi connectivity index (χ0) is 10.3. The molecule has 2 heterocycles. The van der Waals surface area contributed by atoms with Gasteiger partial charge in [0.2, 0.25) is 0 Å². The number of nitrogens with two attached hydrogens (primary N) is 2. The monoisotopic (exact) mass is 255 g/mol. The number of amides is 1. The van der Waals surface area contributed by atoms with Gasteiger partial charge in [-0.15, -0.1) is 0 Å². The summed E-state index contributed by atoms with van der Waals surface area (Å²) < 4.78 is 2.07. The van der Waals surface area contributed by atoms with Crippen LogP contribution in [0.1, 0.15) is 10.4 Å². The van der Waals surface area contributed by atoms with Crippen molar-refractivity contribution in [1.29, 1.82) is 0 Å². The third kappa shape index (κ3) is 1.13. The molecule has 4 N–H and O–H groups in total.